The Morgan fingerprint density at radius 3 is 2.80 bits per heavy atom. The van der Waals surface area contributed by atoms with E-state index in [1.807, 2.05) is 0 Å². The molecule has 0 aromatic heterocycles. The van der Waals surface area contributed by atoms with Crippen molar-refractivity contribution >= 4 is 11.8 Å². The number of carbonyl (C=O) groups is 2. The number of ether oxygens (including phenoxy) is 2. The minimum atomic E-state index is -1.01. The fourth-order valence-corrected chi connectivity index (χ4v) is 3.09. The molecule has 1 atom stereocenters. The zero-order valence-electron chi connectivity index (χ0n) is 13.2. The number of hydrogen-bond donors (Lipinski definition) is 1. The molecule has 0 aliphatic carbocycles. The van der Waals surface area contributed by atoms with Crippen LogP contribution in [0.5, 0.6) is 11.5 Å². The summed E-state index contributed by atoms with van der Waals surface area (Å²) >= 11 is 0. The number of piperazine rings is 1. The van der Waals surface area contributed by atoms with E-state index in [0.717, 1.165) is 0 Å². The normalized spacial score (nSPS) is 18.8. The predicted molar refractivity (Wildman–Crippen MR) is 85.8 cm³/mol. The van der Waals surface area contributed by atoms with Gasteiger partial charge in [-0.2, -0.15) is 0 Å². The van der Waals surface area contributed by atoms with Crippen LogP contribution in [0.4, 0.5) is 4.39 Å². The van der Waals surface area contributed by atoms with Crippen molar-refractivity contribution in [3.8, 4) is 11.5 Å². The smallest absolute Gasteiger partial charge is 0.255 e. The lowest BCUT2D eigenvalue weighted by Crippen LogP contribution is -2.52. The molecule has 1 fully saturated rings. The quantitative estimate of drug-likeness (QED) is 0.905. The van der Waals surface area contributed by atoms with Gasteiger partial charge in [0.15, 0.2) is 11.5 Å². The van der Waals surface area contributed by atoms with Crippen LogP contribution < -0.4 is 14.8 Å². The summed E-state index contributed by atoms with van der Waals surface area (Å²) in [5.74, 6) is -0.228. The molecule has 2 aromatic rings. The van der Waals surface area contributed by atoms with E-state index in [9.17, 15) is 14.0 Å². The molecule has 7 heteroatoms. The van der Waals surface area contributed by atoms with E-state index in [-0.39, 0.29) is 24.8 Å². The second kappa shape index (κ2) is 6.08. The van der Waals surface area contributed by atoms with Crippen LogP contribution in [0.2, 0.25) is 0 Å². The van der Waals surface area contributed by atoms with E-state index in [2.05, 4.69) is 5.32 Å². The van der Waals surface area contributed by atoms with Gasteiger partial charge < -0.3 is 19.7 Å². The lowest BCUT2D eigenvalue weighted by Gasteiger charge is -2.35. The first-order chi connectivity index (χ1) is 12.1. The van der Waals surface area contributed by atoms with E-state index in [1.54, 1.807) is 30.3 Å². The van der Waals surface area contributed by atoms with Gasteiger partial charge in [-0.25, -0.2) is 4.39 Å². The molecule has 2 aliphatic rings. The Kier molecular flexibility index (Phi) is 3.76. The van der Waals surface area contributed by atoms with E-state index in [0.29, 0.717) is 23.6 Å². The number of hydrogen-bond acceptors (Lipinski definition) is 4. The van der Waals surface area contributed by atoms with Crippen LogP contribution >= 0.6 is 0 Å². The van der Waals surface area contributed by atoms with Crippen molar-refractivity contribution in [1.29, 1.82) is 0 Å². The molecular formula is C18H15FN2O4. The number of nitrogens with one attached hydrogen (secondary N) is 1. The first-order valence-corrected chi connectivity index (χ1v) is 7.88. The topological polar surface area (TPSA) is 67.9 Å². The molecular weight excluding hydrogens is 327 g/mol. The van der Waals surface area contributed by atoms with Crippen LogP contribution in [-0.4, -0.2) is 36.6 Å². The van der Waals surface area contributed by atoms with E-state index in [1.165, 1.54) is 17.0 Å². The monoisotopic (exact) mass is 342 g/mol. The van der Waals surface area contributed by atoms with Crippen molar-refractivity contribution in [3.05, 3.63) is 59.4 Å². The molecule has 0 spiro atoms. The third-order valence-electron chi connectivity index (χ3n) is 4.29. The highest BCUT2D eigenvalue weighted by Gasteiger charge is 2.36. The molecule has 1 N–H and O–H groups in total. The zero-order valence-corrected chi connectivity index (χ0v) is 13.2. The SMILES string of the molecule is O=C1NCCN(C(=O)c2ccc3c(c2)OCO3)C1c1ccccc1F. The Morgan fingerprint density at radius 1 is 1.16 bits per heavy atom. The van der Waals surface area contributed by atoms with Crippen LogP contribution in [0.25, 0.3) is 0 Å². The van der Waals surface area contributed by atoms with Gasteiger partial charge >= 0.3 is 0 Å². The number of amides is 2. The zero-order chi connectivity index (χ0) is 17.4. The fraction of sp³-hybridized carbons (Fsp3) is 0.222. The summed E-state index contributed by atoms with van der Waals surface area (Å²) in [7, 11) is 0. The third kappa shape index (κ3) is 2.67. The summed E-state index contributed by atoms with van der Waals surface area (Å²) in [6.45, 7) is 0.717. The number of benzene rings is 2. The Labute approximate surface area is 143 Å². The van der Waals surface area contributed by atoms with Gasteiger partial charge in [-0.15, -0.1) is 0 Å². The highest BCUT2D eigenvalue weighted by Crippen LogP contribution is 2.34. The highest BCUT2D eigenvalue weighted by molar-refractivity contribution is 5.99. The minimum absolute atomic E-state index is 0.108. The van der Waals surface area contributed by atoms with E-state index < -0.39 is 17.8 Å². The van der Waals surface area contributed by atoms with Gasteiger partial charge in [-0.3, -0.25) is 9.59 Å². The number of nitrogens with zero attached hydrogens (tertiary/aromatic N) is 1. The van der Waals surface area contributed by atoms with Crippen LogP contribution in [0.3, 0.4) is 0 Å². The summed E-state index contributed by atoms with van der Waals surface area (Å²) in [5, 5.41) is 2.69. The van der Waals surface area contributed by atoms with Crippen molar-refractivity contribution in [3.63, 3.8) is 0 Å². The molecule has 128 valence electrons. The lowest BCUT2D eigenvalue weighted by atomic mass is 10.0. The Hall–Kier alpha value is -3.09. The van der Waals surface area contributed by atoms with Crippen molar-refractivity contribution in [2.24, 2.45) is 0 Å². The average molecular weight is 342 g/mol. The molecule has 0 radical (unpaired) electrons. The summed E-state index contributed by atoms with van der Waals surface area (Å²) in [6, 6.07) is 9.82. The maximum atomic E-state index is 14.2. The second-order valence-electron chi connectivity index (χ2n) is 5.78. The van der Waals surface area contributed by atoms with Crippen molar-refractivity contribution in [1.82, 2.24) is 10.2 Å². The first-order valence-electron chi connectivity index (χ1n) is 7.88. The molecule has 4 rings (SSSR count). The van der Waals surface area contributed by atoms with Crippen molar-refractivity contribution in [2.75, 3.05) is 19.9 Å². The number of fused-ring (bicyclic) bond motifs is 1. The van der Waals surface area contributed by atoms with Gasteiger partial charge in [0.05, 0.1) is 0 Å². The Balaban J connectivity index is 1.70. The average Bonchev–Trinajstić information content (AvgIpc) is 3.09. The summed E-state index contributed by atoms with van der Waals surface area (Å²) in [6.07, 6.45) is 0. The number of carbonyl (C=O) groups excluding carboxylic acids is 2. The van der Waals surface area contributed by atoms with Gasteiger partial charge in [-0.05, 0) is 24.3 Å². The van der Waals surface area contributed by atoms with Crippen LogP contribution in [0.1, 0.15) is 22.0 Å². The van der Waals surface area contributed by atoms with Crippen LogP contribution in [0, 0.1) is 5.82 Å². The second-order valence-corrected chi connectivity index (χ2v) is 5.78. The van der Waals surface area contributed by atoms with Crippen LogP contribution in [-0.2, 0) is 4.79 Å². The van der Waals surface area contributed by atoms with Gasteiger partial charge in [0.25, 0.3) is 5.91 Å². The first kappa shape index (κ1) is 15.4. The molecule has 2 heterocycles. The number of halogens is 1. The number of rotatable bonds is 2. The van der Waals surface area contributed by atoms with Crippen molar-refractivity contribution in [2.45, 2.75) is 6.04 Å². The molecule has 2 aliphatic heterocycles. The maximum Gasteiger partial charge on any atom is 0.255 e. The Bertz CT molecular complexity index is 855. The third-order valence-corrected chi connectivity index (χ3v) is 4.29. The standard InChI is InChI=1S/C18H15FN2O4/c19-13-4-2-1-3-12(13)16-17(22)20-7-8-21(16)18(23)11-5-6-14-15(9-11)25-10-24-14/h1-6,9,16H,7-8,10H2,(H,20,22). The van der Waals surface area contributed by atoms with Gasteiger partial charge in [0.1, 0.15) is 11.9 Å². The van der Waals surface area contributed by atoms with Gasteiger partial charge in [-0.1, -0.05) is 18.2 Å². The van der Waals surface area contributed by atoms with E-state index in [4.69, 9.17) is 9.47 Å². The van der Waals surface area contributed by atoms with Gasteiger partial charge in [0.2, 0.25) is 12.7 Å². The summed E-state index contributed by atoms with van der Waals surface area (Å²) in [4.78, 5) is 26.7. The summed E-state index contributed by atoms with van der Waals surface area (Å²) in [5.41, 5.74) is 0.536. The maximum absolute atomic E-state index is 14.2. The predicted octanol–water partition coefficient (Wildman–Crippen LogP) is 1.87. The molecule has 25 heavy (non-hydrogen) atoms. The van der Waals surface area contributed by atoms with Crippen LogP contribution in [0.15, 0.2) is 42.5 Å². The van der Waals surface area contributed by atoms with Gasteiger partial charge in [0, 0.05) is 24.2 Å². The molecule has 0 bridgehead atoms. The summed E-state index contributed by atoms with van der Waals surface area (Å²) < 4.78 is 24.7. The fourth-order valence-electron chi connectivity index (χ4n) is 3.09. The lowest BCUT2D eigenvalue weighted by molar-refractivity contribution is -0.128. The van der Waals surface area contributed by atoms with Crippen molar-refractivity contribution < 1.29 is 23.5 Å². The Morgan fingerprint density at radius 2 is 1.96 bits per heavy atom. The molecule has 2 amide bonds. The minimum Gasteiger partial charge on any atom is -0.454 e. The molecule has 1 saturated heterocycles. The highest BCUT2D eigenvalue weighted by atomic mass is 19.1. The molecule has 6 nitrogen and oxygen atoms in total. The molecule has 1 unspecified atom stereocenters. The molecule has 2 aromatic carbocycles. The largest absolute Gasteiger partial charge is 0.454 e. The van der Waals surface area contributed by atoms with E-state index >= 15 is 0 Å². The molecule has 0 saturated carbocycles.